The Labute approximate surface area is 176 Å². The Morgan fingerprint density at radius 2 is 1.71 bits per heavy atom. The van der Waals surface area contributed by atoms with E-state index in [-0.39, 0.29) is 30.0 Å². The van der Waals surface area contributed by atoms with Gasteiger partial charge in [-0.25, -0.2) is 0 Å². The van der Waals surface area contributed by atoms with Crippen molar-refractivity contribution in [2.24, 2.45) is 5.92 Å². The minimum Gasteiger partial charge on any atom is -0.457 e. The van der Waals surface area contributed by atoms with E-state index in [4.69, 9.17) is 4.74 Å². The number of nitrogens with one attached hydrogen (secondary N) is 1. The maximum Gasteiger partial charge on any atom is 0.311 e. The van der Waals surface area contributed by atoms with Crippen LogP contribution in [0.2, 0.25) is 0 Å². The lowest BCUT2D eigenvalue weighted by molar-refractivity contribution is -0.384. The normalized spacial score (nSPS) is 15.5. The number of ketones is 1. The Morgan fingerprint density at radius 3 is 2.32 bits per heavy atom. The van der Waals surface area contributed by atoms with Gasteiger partial charge in [-0.15, -0.1) is 0 Å². The first-order chi connectivity index (χ1) is 14.7. The maximum atomic E-state index is 12.3. The van der Waals surface area contributed by atoms with Crippen molar-refractivity contribution in [2.75, 3.05) is 13.2 Å². The van der Waals surface area contributed by atoms with Gasteiger partial charge in [0.05, 0.1) is 17.4 Å². The fraction of sp³-hybridized carbons (Fsp3) is 0.238. The number of ether oxygens (including phenoxy) is 1. The zero-order valence-corrected chi connectivity index (χ0v) is 16.6. The Hall–Kier alpha value is -4.08. The van der Waals surface area contributed by atoms with Crippen LogP contribution in [0.1, 0.15) is 32.7 Å². The molecule has 1 fully saturated rings. The van der Waals surface area contributed by atoms with Gasteiger partial charge in [0.2, 0.25) is 5.91 Å². The third kappa shape index (κ3) is 5.30. The SMILES string of the molecule is Cc1ccc(C(=O)COC(=O)[C@@H]2CC(=O)N(NC(=O)c3ccc([N+](=O)[O-])cc3)C2)cc1. The van der Waals surface area contributed by atoms with Crippen molar-refractivity contribution in [3.63, 3.8) is 0 Å². The summed E-state index contributed by atoms with van der Waals surface area (Å²) in [6.45, 7) is 1.34. The standard InChI is InChI=1S/C21H19N3O7/c1-13-2-4-14(5-3-13)18(25)12-31-21(28)16-10-19(26)23(11-16)22-20(27)15-6-8-17(9-7-15)24(29)30/h2-9,16H,10-12H2,1H3,(H,22,27)/t16-/m1/s1. The number of nitro benzene ring substituents is 1. The predicted molar refractivity (Wildman–Crippen MR) is 107 cm³/mol. The fourth-order valence-corrected chi connectivity index (χ4v) is 2.97. The van der Waals surface area contributed by atoms with Crippen molar-refractivity contribution in [3.05, 3.63) is 75.3 Å². The second-order valence-corrected chi connectivity index (χ2v) is 7.05. The van der Waals surface area contributed by atoms with E-state index in [1.54, 1.807) is 24.3 Å². The number of hydrogen-bond donors (Lipinski definition) is 1. The van der Waals surface area contributed by atoms with Crippen LogP contribution < -0.4 is 5.43 Å². The number of amides is 2. The molecule has 1 aliphatic heterocycles. The summed E-state index contributed by atoms with van der Waals surface area (Å²) in [6.07, 6.45) is -0.169. The quantitative estimate of drug-likeness (QED) is 0.309. The molecule has 0 bridgehead atoms. The summed E-state index contributed by atoms with van der Waals surface area (Å²) in [5.74, 6) is -3.02. The van der Waals surface area contributed by atoms with Gasteiger partial charge >= 0.3 is 5.97 Å². The molecule has 1 heterocycles. The molecule has 2 aromatic rings. The van der Waals surface area contributed by atoms with Crippen LogP contribution in [0.15, 0.2) is 48.5 Å². The van der Waals surface area contributed by atoms with Gasteiger partial charge in [0, 0.05) is 29.7 Å². The largest absolute Gasteiger partial charge is 0.457 e. The lowest BCUT2D eigenvalue weighted by Gasteiger charge is -2.17. The van der Waals surface area contributed by atoms with E-state index in [2.05, 4.69) is 5.43 Å². The summed E-state index contributed by atoms with van der Waals surface area (Å²) in [7, 11) is 0. The first kappa shape index (κ1) is 21.6. The molecule has 0 unspecified atom stereocenters. The van der Waals surface area contributed by atoms with E-state index in [0.717, 1.165) is 10.6 Å². The molecule has 2 aromatic carbocycles. The summed E-state index contributed by atoms with van der Waals surface area (Å²) in [5, 5.41) is 11.7. The van der Waals surface area contributed by atoms with E-state index in [1.807, 2.05) is 6.92 Å². The third-order valence-electron chi connectivity index (χ3n) is 4.75. The molecule has 10 heteroatoms. The van der Waals surface area contributed by atoms with E-state index >= 15 is 0 Å². The van der Waals surface area contributed by atoms with Crippen LogP contribution in [0.5, 0.6) is 0 Å². The zero-order valence-electron chi connectivity index (χ0n) is 16.6. The molecule has 2 amide bonds. The summed E-state index contributed by atoms with van der Waals surface area (Å²) in [4.78, 5) is 58.9. The van der Waals surface area contributed by atoms with Gasteiger partial charge in [0.15, 0.2) is 12.4 Å². The fourth-order valence-electron chi connectivity index (χ4n) is 2.97. The van der Waals surface area contributed by atoms with E-state index in [0.29, 0.717) is 5.56 Å². The molecule has 1 saturated heterocycles. The van der Waals surface area contributed by atoms with Crippen molar-refractivity contribution in [1.29, 1.82) is 0 Å². The Morgan fingerprint density at radius 1 is 1.10 bits per heavy atom. The summed E-state index contributed by atoms with van der Waals surface area (Å²) < 4.78 is 5.05. The number of non-ortho nitro benzene ring substituents is 1. The highest BCUT2D eigenvalue weighted by molar-refractivity contribution is 5.99. The molecule has 0 aromatic heterocycles. The highest BCUT2D eigenvalue weighted by Gasteiger charge is 2.36. The number of Topliss-reactive ketones (excluding diaryl/α,β-unsaturated/α-hetero) is 1. The summed E-state index contributed by atoms with van der Waals surface area (Å²) in [5.41, 5.74) is 3.73. The minimum absolute atomic E-state index is 0.102. The number of carbonyl (C=O) groups excluding carboxylic acids is 4. The van der Waals surface area contributed by atoms with Gasteiger partial charge < -0.3 is 4.74 Å². The topological polar surface area (TPSA) is 136 Å². The first-order valence-corrected chi connectivity index (χ1v) is 9.37. The van der Waals surface area contributed by atoms with Crippen LogP contribution in [0.25, 0.3) is 0 Å². The van der Waals surface area contributed by atoms with Crippen LogP contribution in [0.3, 0.4) is 0 Å². The molecule has 3 rings (SSSR count). The average molecular weight is 425 g/mol. The van der Waals surface area contributed by atoms with Gasteiger partial charge in [-0.2, -0.15) is 0 Å². The number of esters is 1. The van der Waals surface area contributed by atoms with Gasteiger partial charge in [0.25, 0.3) is 11.6 Å². The van der Waals surface area contributed by atoms with Crippen molar-refractivity contribution >= 4 is 29.3 Å². The number of rotatable bonds is 7. The van der Waals surface area contributed by atoms with Crippen LogP contribution in [-0.4, -0.2) is 46.7 Å². The molecular formula is C21H19N3O7. The monoisotopic (exact) mass is 425 g/mol. The smallest absolute Gasteiger partial charge is 0.311 e. The Bertz CT molecular complexity index is 1030. The van der Waals surface area contributed by atoms with E-state index < -0.39 is 35.2 Å². The molecule has 1 aliphatic rings. The van der Waals surface area contributed by atoms with Crippen LogP contribution in [-0.2, 0) is 14.3 Å². The predicted octanol–water partition coefficient (Wildman–Crippen LogP) is 1.82. The lowest BCUT2D eigenvalue weighted by atomic mass is 10.1. The average Bonchev–Trinajstić information content (AvgIpc) is 3.12. The molecule has 1 N–H and O–H groups in total. The second-order valence-electron chi connectivity index (χ2n) is 7.05. The van der Waals surface area contributed by atoms with Gasteiger partial charge in [-0.05, 0) is 19.1 Å². The Kier molecular flexibility index (Phi) is 6.39. The summed E-state index contributed by atoms with van der Waals surface area (Å²) >= 11 is 0. The highest BCUT2D eigenvalue weighted by Crippen LogP contribution is 2.19. The number of aryl methyl sites for hydroxylation is 1. The van der Waals surface area contributed by atoms with Crippen LogP contribution in [0.4, 0.5) is 5.69 Å². The number of nitrogens with zero attached hydrogens (tertiary/aromatic N) is 2. The minimum atomic E-state index is -0.824. The molecule has 160 valence electrons. The second kappa shape index (κ2) is 9.16. The molecular weight excluding hydrogens is 406 g/mol. The summed E-state index contributed by atoms with van der Waals surface area (Å²) in [6, 6.07) is 11.7. The number of nitro groups is 1. The number of carbonyl (C=O) groups is 4. The van der Waals surface area contributed by atoms with E-state index in [1.165, 1.54) is 24.3 Å². The van der Waals surface area contributed by atoms with Gasteiger partial charge in [-0.1, -0.05) is 29.8 Å². The maximum absolute atomic E-state index is 12.3. The van der Waals surface area contributed by atoms with Crippen LogP contribution in [0, 0.1) is 23.0 Å². The highest BCUT2D eigenvalue weighted by atomic mass is 16.6. The molecule has 10 nitrogen and oxygen atoms in total. The molecule has 0 saturated carbocycles. The van der Waals surface area contributed by atoms with Gasteiger partial charge in [-0.3, -0.25) is 39.7 Å². The molecule has 0 radical (unpaired) electrons. The van der Waals surface area contributed by atoms with Crippen LogP contribution >= 0.6 is 0 Å². The zero-order chi connectivity index (χ0) is 22.5. The van der Waals surface area contributed by atoms with Crippen molar-refractivity contribution in [3.8, 4) is 0 Å². The first-order valence-electron chi connectivity index (χ1n) is 9.37. The molecule has 0 aliphatic carbocycles. The third-order valence-corrected chi connectivity index (χ3v) is 4.75. The number of hydrogen-bond acceptors (Lipinski definition) is 7. The molecule has 31 heavy (non-hydrogen) atoms. The molecule has 1 atom stereocenters. The molecule has 0 spiro atoms. The van der Waals surface area contributed by atoms with E-state index in [9.17, 15) is 29.3 Å². The number of hydrazine groups is 1. The Balaban J connectivity index is 1.52. The van der Waals surface area contributed by atoms with Gasteiger partial charge in [0.1, 0.15) is 0 Å². The van der Waals surface area contributed by atoms with Crippen molar-refractivity contribution in [2.45, 2.75) is 13.3 Å². The van der Waals surface area contributed by atoms with Crippen molar-refractivity contribution in [1.82, 2.24) is 10.4 Å². The lowest BCUT2D eigenvalue weighted by Crippen LogP contribution is -2.43. The number of benzene rings is 2. The van der Waals surface area contributed by atoms with Crippen molar-refractivity contribution < 1.29 is 28.8 Å².